The maximum Gasteiger partial charge on any atom is 0.309 e. The molecule has 0 aliphatic carbocycles. The van der Waals surface area contributed by atoms with Crippen LogP contribution in [0.25, 0.3) is 0 Å². The van der Waals surface area contributed by atoms with Gasteiger partial charge in [0.25, 0.3) is 0 Å². The van der Waals surface area contributed by atoms with Crippen LogP contribution in [-0.4, -0.2) is 50.5 Å². The number of amides is 2. The lowest BCUT2D eigenvalue weighted by Crippen LogP contribution is -2.53. The van der Waals surface area contributed by atoms with Crippen molar-refractivity contribution in [3.05, 3.63) is 53.0 Å². The molecule has 10 heteroatoms. The summed E-state index contributed by atoms with van der Waals surface area (Å²) >= 11 is 0. The summed E-state index contributed by atoms with van der Waals surface area (Å²) in [6, 6.07) is 7.00. The number of sulfonamides is 1. The lowest BCUT2D eigenvalue weighted by molar-refractivity contribution is -0.140. The molecule has 3 rings (SSSR count). The van der Waals surface area contributed by atoms with E-state index < -0.39 is 28.1 Å². The number of nitrogens with one attached hydrogen (secondary N) is 2. The topological polar surface area (TPSA) is 118 Å². The molecule has 9 nitrogen and oxygen atoms in total. The Balaban J connectivity index is 1.68. The number of rotatable bonds is 6. The first kappa shape index (κ1) is 23.0. The number of ether oxygens (including phenoxy) is 1. The van der Waals surface area contributed by atoms with Crippen LogP contribution in [0, 0.1) is 20.8 Å². The van der Waals surface area contributed by atoms with Gasteiger partial charge in [0, 0.05) is 6.54 Å². The number of hydrogen-bond donors (Lipinski definition) is 2. The minimum Gasteiger partial charge on any atom is -0.467 e. The molecule has 1 fully saturated rings. The molecule has 168 valence electrons. The molecule has 2 heterocycles. The van der Waals surface area contributed by atoms with Gasteiger partial charge in [0.2, 0.25) is 10.0 Å². The summed E-state index contributed by atoms with van der Waals surface area (Å²) in [6.45, 7) is 6.00. The lowest BCUT2D eigenvalue weighted by Gasteiger charge is -2.35. The van der Waals surface area contributed by atoms with E-state index in [1.165, 1.54) is 10.6 Å². The zero-order valence-electron chi connectivity index (χ0n) is 17.8. The largest absolute Gasteiger partial charge is 0.467 e. The average molecular weight is 450 g/mol. The molecule has 0 unspecified atom stereocenters. The summed E-state index contributed by atoms with van der Waals surface area (Å²) in [6.07, 6.45) is 1.10. The Morgan fingerprint density at radius 3 is 2.45 bits per heavy atom. The molecule has 2 amide bonds. The van der Waals surface area contributed by atoms with Gasteiger partial charge in [-0.2, -0.15) is 4.31 Å². The summed E-state index contributed by atoms with van der Waals surface area (Å²) in [5, 5.41) is 4.90. The van der Waals surface area contributed by atoms with Crippen molar-refractivity contribution in [2.45, 2.75) is 44.9 Å². The normalized spacial score (nSPS) is 17.3. The predicted molar refractivity (Wildman–Crippen MR) is 112 cm³/mol. The van der Waals surface area contributed by atoms with Crippen molar-refractivity contribution in [1.82, 2.24) is 14.9 Å². The van der Waals surface area contributed by atoms with E-state index in [0.717, 1.165) is 5.56 Å². The van der Waals surface area contributed by atoms with Gasteiger partial charge in [-0.3, -0.25) is 9.59 Å². The molecule has 31 heavy (non-hydrogen) atoms. The Labute approximate surface area is 181 Å². The molecular weight excluding hydrogens is 422 g/mol. The highest BCUT2D eigenvalue weighted by atomic mass is 32.2. The van der Waals surface area contributed by atoms with E-state index in [1.54, 1.807) is 26.0 Å². The van der Waals surface area contributed by atoms with Crippen molar-refractivity contribution in [1.29, 1.82) is 0 Å². The molecule has 0 bridgehead atoms. The number of nitrogens with zero attached hydrogens (tertiary/aromatic N) is 1. The van der Waals surface area contributed by atoms with Crippen molar-refractivity contribution >= 4 is 21.8 Å². The van der Waals surface area contributed by atoms with E-state index in [9.17, 15) is 18.0 Å². The highest BCUT2D eigenvalue weighted by molar-refractivity contribution is 7.89. The van der Waals surface area contributed by atoms with Crippen LogP contribution in [0.4, 0.5) is 0 Å². The second kappa shape index (κ2) is 9.63. The van der Waals surface area contributed by atoms with Gasteiger partial charge >= 0.3 is 11.8 Å². The van der Waals surface area contributed by atoms with Crippen LogP contribution in [0.3, 0.4) is 0 Å². The summed E-state index contributed by atoms with van der Waals surface area (Å²) < 4.78 is 38.8. The molecule has 1 aromatic carbocycles. The van der Waals surface area contributed by atoms with Crippen molar-refractivity contribution in [3.8, 4) is 0 Å². The van der Waals surface area contributed by atoms with Gasteiger partial charge in [0.1, 0.15) is 12.0 Å². The molecular formula is C21H27N3O6S. The fourth-order valence-corrected chi connectivity index (χ4v) is 5.70. The summed E-state index contributed by atoms with van der Waals surface area (Å²) in [5.41, 5.74) is 2.29. The molecule has 2 N–H and O–H groups in total. The van der Waals surface area contributed by atoms with Gasteiger partial charge in [-0.05, 0) is 50.5 Å². The number of aryl methyl sites for hydroxylation is 3. The van der Waals surface area contributed by atoms with Gasteiger partial charge in [-0.15, -0.1) is 0 Å². The first-order chi connectivity index (χ1) is 14.7. The van der Waals surface area contributed by atoms with E-state index in [1.807, 2.05) is 19.1 Å². The number of carbonyl (C=O) groups is 2. The number of hydrogen-bond acceptors (Lipinski definition) is 6. The maximum atomic E-state index is 13.4. The van der Waals surface area contributed by atoms with Crippen LogP contribution in [-0.2, 0) is 30.9 Å². The minimum atomic E-state index is -3.85. The third-order valence-corrected chi connectivity index (χ3v) is 7.17. The molecule has 1 aliphatic heterocycles. The highest BCUT2D eigenvalue weighted by Crippen LogP contribution is 2.28. The van der Waals surface area contributed by atoms with Crippen molar-refractivity contribution in [3.63, 3.8) is 0 Å². The van der Waals surface area contributed by atoms with E-state index >= 15 is 0 Å². The smallest absolute Gasteiger partial charge is 0.309 e. The van der Waals surface area contributed by atoms with Gasteiger partial charge in [-0.25, -0.2) is 8.42 Å². The van der Waals surface area contributed by atoms with Gasteiger partial charge < -0.3 is 19.8 Å². The van der Waals surface area contributed by atoms with Crippen molar-refractivity contribution < 1.29 is 27.2 Å². The number of carbonyl (C=O) groups excluding carboxylic acids is 2. The van der Waals surface area contributed by atoms with Crippen molar-refractivity contribution in [2.75, 3.05) is 19.7 Å². The van der Waals surface area contributed by atoms with E-state index in [-0.39, 0.29) is 24.5 Å². The summed E-state index contributed by atoms with van der Waals surface area (Å²) in [4.78, 5) is 24.4. The highest BCUT2D eigenvalue weighted by Gasteiger charge is 2.36. The molecule has 1 atom stereocenters. The van der Waals surface area contributed by atoms with E-state index in [2.05, 4.69) is 10.6 Å². The first-order valence-corrected chi connectivity index (χ1v) is 11.4. The second-order valence-electron chi connectivity index (χ2n) is 7.49. The zero-order valence-corrected chi connectivity index (χ0v) is 18.6. The second-order valence-corrected chi connectivity index (χ2v) is 9.32. The zero-order chi connectivity index (χ0) is 22.6. The molecule has 1 saturated heterocycles. The van der Waals surface area contributed by atoms with Crippen LogP contribution in [0.5, 0.6) is 0 Å². The van der Waals surface area contributed by atoms with Crippen LogP contribution in [0.1, 0.15) is 28.9 Å². The Bertz CT molecular complexity index is 1030. The molecule has 0 spiro atoms. The predicted octanol–water partition coefficient (Wildman–Crippen LogP) is 1.37. The molecule has 2 aromatic rings. The van der Waals surface area contributed by atoms with Gasteiger partial charge in [0.05, 0.1) is 30.9 Å². The summed E-state index contributed by atoms with van der Waals surface area (Å²) in [5.74, 6) is -1.20. The fraction of sp³-hybridized carbons (Fsp3) is 0.429. The van der Waals surface area contributed by atoms with Crippen LogP contribution >= 0.6 is 0 Å². The molecule has 0 radical (unpaired) electrons. The van der Waals surface area contributed by atoms with Gasteiger partial charge in [0.15, 0.2) is 0 Å². The first-order valence-electron chi connectivity index (χ1n) is 10.00. The Morgan fingerprint density at radius 2 is 1.81 bits per heavy atom. The minimum absolute atomic E-state index is 0.0751. The lowest BCUT2D eigenvalue weighted by atomic mass is 10.1. The third-order valence-electron chi connectivity index (χ3n) is 4.97. The number of furan rings is 1. The van der Waals surface area contributed by atoms with Gasteiger partial charge in [-0.1, -0.05) is 17.7 Å². The average Bonchev–Trinajstić information content (AvgIpc) is 3.23. The maximum absolute atomic E-state index is 13.4. The fourth-order valence-electron chi connectivity index (χ4n) is 3.71. The number of benzene rings is 1. The Kier molecular flexibility index (Phi) is 7.14. The summed E-state index contributed by atoms with van der Waals surface area (Å²) in [7, 11) is -3.85. The monoisotopic (exact) mass is 449 g/mol. The SMILES string of the molecule is Cc1cc(C)c(S(=O)(=O)N2CCCO[C@H]2CNC(=O)C(=O)NCc2ccco2)c(C)c1. The van der Waals surface area contributed by atoms with E-state index in [4.69, 9.17) is 9.15 Å². The molecule has 0 saturated carbocycles. The molecule has 1 aliphatic rings. The van der Waals surface area contributed by atoms with E-state index in [0.29, 0.717) is 29.9 Å². The van der Waals surface area contributed by atoms with Crippen LogP contribution in [0.2, 0.25) is 0 Å². The molecule has 1 aromatic heterocycles. The third kappa shape index (κ3) is 5.33. The Morgan fingerprint density at radius 1 is 1.13 bits per heavy atom. The Hall–Kier alpha value is -2.69. The quantitative estimate of drug-likeness (QED) is 0.643. The van der Waals surface area contributed by atoms with Crippen LogP contribution in [0.15, 0.2) is 39.8 Å². The standard InChI is InChI=1S/C21H27N3O6S/c1-14-10-15(2)19(16(3)11-14)31(27,28)24-7-5-9-30-18(24)13-23-21(26)20(25)22-12-17-6-4-8-29-17/h4,6,8,10-11,18H,5,7,9,12-13H2,1-3H3,(H,22,25)(H,23,26)/t18-/m0/s1. The van der Waals surface area contributed by atoms with Crippen LogP contribution < -0.4 is 10.6 Å². The van der Waals surface area contributed by atoms with Crippen molar-refractivity contribution in [2.24, 2.45) is 0 Å².